The summed E-state index contributed by atoms with van der Waals surface area (Å²) in [5.74, 6) is 1.88. The molecule has 0 spiro atoms. The van der Waals surface area contributed by atoms with E-state index >= 15 is 0 Å². The molecule has 0 bridgehead atoms. The minimum atomic E-state index is -0.294. The fourth-order valence-corrected chi connectivity index (χ4v) is 3.80. The lowest BCUT2D eigenvalue weighted by atomic mass is 9.66. The van der Waals surface area contributed by atoms with Crippen molar-refractivity contribution >= 4 is 23.2 Å². The first kappa shape index (κ1) is 18.1. The van der Waals surface area contributed by atoms with Gasteiger partial charge >= 0.3 is 0 Å². The average molecular weight is 379 g/mol. The molecule has 0 radical (unpaired) electrons. The van der Waals surface area contributed by atoms with Gasteiger partial charge in [-0.25, -0.2) is 9.97 Å². The fourth-order valence-electron chi connectivity index (χ4n) is 3.80. The molecule has 1 saturated heterocycles. The van der Waals surface area contributed by atoms with Gasteiger partial charge in [0.2, 0.25) is 0 Å². The van der Waals surface area contributed by atoms with Crippen LogP contribution in [-0.2, 0) is 0 Å². The van der Waals surface area contributed by atoms with Gasteiger partial charge < -0.3 is 21.3 Å². The Hall–Kier alpha value is -3.32. The van der Waals surface area contributed by atoms with Crippen molar-refractivity contribution in [3.8, 4) is 6.07 Å². The van der Waals surface area contributed by atoms with E-state index in [1.807, 2.05) is 6.07 Å². The number of hydrogen-bond acceptors (Lipinski definition) is 9. The van der Waals surface area contributed by atoms with Gasteiger partial charge in [-0.3, -0.25) is 4.79 Å². The highest BCUT2D eigenvalue weighted by Gasteiger charge is 2.42. The highest BCUT2D eigenvalue weighted by atomic mass is 16.1. The summed E-state index contributed by atoms with van der Waals surface area (Å²) in [5.41, 5.74) is 1.12. The number of anilines is 3. The third-order valence-electron chi connectivity index (χ3n) is 5.35. The Morgan fingerprint density at radius 3 is 2.89 bits per heavy atom. The highest BCUT2D eigenvalue weighted by Crippen LogP contribution is 2.40. The maximum atomic E-state index is 12.2. The fraction of sp³-hybridized carbons (Fsp3) is 0.444. The van der Waals surface area contributed by atoms with Crippen molar-refractivity contribution < 1.29 is 4.79 Å². The molecule has 1 aliphatic carbocycles. The van der Waals surface area contributed by atoms with Gasteiger partial charge in [0.25, 0.3) is 5.91 Å². The maximum Gasteiger partial charge on any atom is 0.273 e. The van der Waals surface area contributed by atoms with Crippen LogP contribution in [0.3, 0.4) is 0 Å². The van der Waals surface area contributed by atoms with Crippen LogP contribution < -0.4 is 21.3 Å². The number of carbonyl (C=O) groups is 1. The van der Waals surface area contributed by atoms with E-state index in [1.165, 1.54) is 18.8 Å². The molecule has 3 atom stereocenters. The van der Waals surface area contributed by atoms with Crippen LogP contribution in [0.25, 0.3) is 0 Å². The largest absolute Gasteiger partial charge is 0.380 e. The topological polar surface area (TPSA) is 141 Å². The van der Waals surface area contributed by atoms with E-state index in [-0.39, 0.29) is 17.3 Å². The van der Waals surface area contributed by atoms with Gasteiger partial charge in [-0.2, -0.15) is 5.26 Å². The van der Waals surface area contributed by atoms with Crippen molar-refractivity contribution in [2.75, 3.05) is 30.8 Å². The number of piperidine rings is 1. The molecule has 2 aromatic rings. The van der Waals surface area contributed by atoms with Crippen molar-refractivity contribution in [2.45, 2.75) is 18.9 Å². The first-order chi connectivity index (χ1) is 13.7. The van der Waals surface area contributed by atoms with Crippen LogP contribution in [-0.4, -0.2) is 52.3 Å². The van der Waals surface area contributed by atoms with E-state index in [2.05, 4.69) is 41.4 Å². The molecular formula is C18H21N9O. The van der Waals surface area contributed by atoms with Crippen molar-refractivity contribution in [2.24, 2.45) is 11.8 Å². The second-order valence-corrected chi connectivity index (χ2v) is 7.00. The molecule has 1 aliphatic heterocycles. The standard InChI is InChI=1S/C18H21N9O/c1-20-18(28)17-14(24-13-4-10-2-3-21-8-12(10)13)5-15(26-27-17)25-16-9-22-11(6-19)7-23-16/h5,7,9-10,12-13,21H,2-4,8H2,1H3,(H,20,28)(H2,23,24,25,26). The molecule has 0 aromatic carbocycles. The lowest BCUT2D eigenvalue weighted by Gasteiger charge is -2.48. The van der Waals surface area contributed by atoms with Crippen molar-refractivity contribution in [1.29, 1.82) is 5.26 Å². The number of nitrogens with zero attached hydrogens (tertiary/aromatic N) is 5. The van der Waals surface area contributed by atoms with Crippen molar-refractivity contribution in [3.05, 3.63) is 29.8 Å². The zero-order valence-corrected chi connectivity index (χ0v) is 15.4. The molecule has 3 unspecified atom stereocenters. The van der Waals surface area contributed by atoms with Crippen LogP contribution in [0.4, 0.5) is 17.3 Å². The van der Waals surface area contributed by atoms with E-state index in [0.29, 0.717) is 29.3 Å². The lowest BCUT2D eigenvalue weighted by molar-refractivity contribution is 0.0955. The number of fused-ring (bicyclic) bond motifs is 1. The van der Waals surface area contributed by atoms with E-state index in [9.17, 15) is 4.79 Å². The quantitative estimate of drug-likeness (QED) is 0.589. The number of nitriles is 1. The molecule has 28 heavy (non-hydrogen) atoms. The lowest BCUT2D eigenvalue weighted by Crippen LogP contribution is -2.55. The van der Waals surface area contributed by atoms with E-state index in [1.54, 1.807) is 13.1 Å². The molecular weight excluding hydrogens is 358 g/mol. The zero-order chi connectivity index (χ0) is 19.5. The normalized spacial score (nSPS) is 22.9. The number of nitrogens with one attached hydrogen (secondary N) is 4. The molecule has 4 rings (SSSR count). The first-order valence-electron chi connectivity index (χ1n) is 9.24. The second-order valence-electron chi connectivity index (χ2n) is 7.00. The Balaban J connectivity index is 1.54. The van der Waals surface area contributed by atoms with Crippen LogP contribution in [0.5, 0.6) is 0 Å². The summed E-state index contributed by atoms with van der Waals surface area (Å²) in [5, 5.41) is 29.5. The van der Waals surface area contributed by atoms with Crippen molar-refractivity contribution in [3.63, 3.8) is 0 Å². The number of hydrogen-bond donors (Lipinski definition) is 4. The molecule has 2 aromatic heterocycles. The second kappa shape index (κ2) is 7.74. The molecule has 144 valence electrons. The number of aromatic nitrogens is 4. The van der Waals surface area contributed by atoms with Gasteiger partial charge in [-0.15, -0.1) is 10.2 Å². The Labute approximate surface area is 162 Å². The van der Waals surface area contributed by atoms with Gasteiger partial charge in [-0.1, -0.05) is 0 Å². The monoisotopic (exact) mass is 379 g/mol. The Kier molecular flexibility index (Phi) is 4.99. The van der Waals surface area contributed by atoms with Gasteiger partial charge in [-0.05, 0) is 31.2 Å². The summed E-state index contributed by atoms with van der Waals surface area (Å²) < 4.78 is 0. The predicted molar refractivity (Wildman–Crippen MR) is 102 cm³/mol. The highest BCUT2D eigenvalue weighted by molar-refractivity contribution is 5.97. The van der Waals surface area contributed by atoms with Crippen LogP contribution >= 0.6 is 0 Å². The van der Waals surface area contributed by atoms with Gasteiger partial charge in [0, 0.05) is 25.7 Å². The molecule has 1 amide bonds. The van der Waals surface area contributed by atoms with Crippen LogP contribution in [0, 0.1) is 23.2 Å². The van der Waals surface area contributed by atoms with Gasteiger partial charge in [0.15, 0.2) is 17.2 Å². The molecule has 2 fully saturated rings. The van der Waals surface area contributed by atoms with Crippen molar-refractivity contribution in [1.82, 2.24) is 30.8 Å². The zero-order valence-electron chi connectivity index (χ0n) is 15.4. The molecule has 1 saturated carbocycles. The maximum absolute atomic E-state index is 12.2. The molecule has 10 heteroatoms. The third-order valence-corrected chi connectivity index (χ3v) is 5.35. The van der Waals surface area contributed by atoms with Crippen LogP contribution in [0.15, 0.2) is 18.5 Å². The van der Waals surface area contributed by atoms with Crippen LogP contribution in [0.2, 0.25) is 0 Å². The Morgan fingerprint density at radius 1 is 1.29 bits per heavy atom. The molecule has 10 nitrogen and oxygen atoms in total. The minimum absolute atomic E-state index is 0.231. The van der Waals surface area contributed by atoms with E-state index in [4.69, 9.17) is 5.26 Å². The molecule has 2 aliphatic rings. The summed E-state index contributed by atoms with van der Waals surface area (Å²) >= 11 is 0. The summed E-state index contributed by atoms with van der Waals surface area (Å²) in [6.07, 6.45) is 5.11. The smallest absolute Gasteiger partial charge is 0.273 e. The predicted octanol–water partition coefficient (Wildman–Crippen LogP) is 0.651. The minimum Gasteiger partial charge on any atom is -0.380 e. The third kappa shape index (κ3) is 3.57. The number of amides is 1. The Bertz CT molecular complexity index is 908. The van der Waals surface area contributed by atoms with Gasteiger partial charge in [0.1, 0.15) is 11.9 Å². The Morgan fingerprint density at radius 2 is 2.18 bits per heavy atom. The van der Waals surface area contributed by atoms with E-state index < -0.39 is 0 Å². The summed E-state index contributed by atoms with van der Waals surface area (Å²) in [6.45, 7) is 2.07. The van der Waals surface area contributed by atoms with Gasteiger partial charge in [0.05, 0.1) is 18.1 Å². The summed E-state index contributed by atoms with van der Waals surface area (Å²) in [7, 11) is 1.57. The first-order valence-corrected chi connectivity index (χ1v) is 9.24. The number of rotatable bonds is 5. The van der Waals surface area contributed by atoms with E-state index in [0.717, 1.165) is 25.4 Å². The summed E-state index contributed by atoms with van der Waals surface area (Å²) in [6, 6.07) is 3.97. The van der Waals surface area contributed by atoms with Crippen LogP contribution in [0.1, 0.15) is 29.0 Å². The molecule has 4 N–H and O–H groups in total. The average Bonchev–Trinajstić information content (AvgIpc) is 2.72. The SMILES string of the molecule is CNC(=O)c1nnc(Nc2cnc(C#N)cn2)cc1NC1CC2CCNCC21. The molecule has 3 heterocycles. The number of carbonyl (C=O) groups excluding carboxylic acids is 1. The summed E-state index contributed by atoms with van der Waals surface area (Å²) in [4.78, 5) is 20.3.